The monoisotopic (exact) mass is 216 g/mol. The third-order valence-electron chi connectivity index (χ3n) is 1.78. The Bertz CT molecular complexity index is 472. The number of nitrogens with one attached hydrogen (secondary N) is 1. The van der Waals surface area contributed by atoms with E-state index in [0.717, 1.165) is 5.56 Å². The van der Waals surface area contributed by atoms with Crippen molar-refractivity contribution in [2.24, 2.45) is 0 Å². The summed E-state index contributed by atoms with van der Waals surface area (Å²) in [7, 11) is 0. The van der Waals surface area contributed by atoms with Gasteiger partial charge in [0.25, 0.3) is 0 Å². The van der Waals surface area contributed by atoms with E-state index in [2.05, 4.69) is 14.7 Å². The van der Waals surface area contributed by atoms with Crippen molar-refractivity contribution in [3.63, 3.8) is 0 Å². The highest BCUT2D eigenvalue weighted by molar-refractivity contribution is 7.09. The Morgan fingerprint density at radius 1 is 1.33 bits per heavy atom. The number of nitrogens with zero attached hydrogens (tertiary/aromatic N) is 3. The van der Waals surface area contributed by atoms with E-state index in [1.165, 1.54) is 11.5 Å². The molecule has 0 radical (unpaired) electrons. The van der Waals surface area contributed by atoms with Crippen LogP contribution in [-0.4, -0.2) is 15.9 Å². The summed E-state index contributed by atoms with van der Waals surface area (Å²) in [4.78, 5) is 4.26. The van der Waals surface area contributed by atoms with Gasteiger partial charge in [0.1, 0.15) is 6.54 Å². The molecule has 74 valence electrons. The Hall–Kier alpha value is -1.93. The summed E-state index contributed by atoms with van der Waals surface area (Å²) in [6.45, 7) is 0.253. The van der Waals surface area contributed by atoms with Crippen molar-refractivity contribution in [2.75, 3.05) is 11.9 Å². The van der Waals surface area contributed by atoms with Crippen molar-refractivity contribution in [1.82, 2.24) is 9.36 Å². The third kappa shape index (κ3) is 2.30. The van der Waals surface area contributed by atoms with Gasteiger partial charge in [-0.25, -0.2) is 0 Å². The normalized spacial score (nSPS) is 9.53. The van der Waals surface area contributed by atoms with Crippen molar-refractivity contribution >= 4 is 16.7 Å². The molecule has 0 spiro atoms. The van der Waals surface area contributed by atoms with Gasteiger partial charge in [-0.3, -0.25) is 0 Å². The minimum absolute atomic E-state index is 0.253. The second kappa shape index (κ2) is 4.53. The van der Waals surface area contributed by atoms with Crippen LogP contribution in [0.25, 0.3) is 11.4 Å². The molecule has 2 aromatic rings. The van der Waals surface area contributed by atoms with Crippen LogP contribution in [0.3, 0.4) is 0 Å². The number of hydrogen-bond acceptors (Lipinski definition) is 5. The van der Waals surface area contributed by atoms with Crippen molar-refractivity contribution in [3.8, 4) is 17.5 Å². The summed E-state index contributed by atoms with van der Waals surface area (Å²) in [6.07, 6.45) is 0. The zero-order chi connectivity index (χ0) is 10.5. The maximum atomic E-state index is 8.40. The second-order valence-electron chi connectivity index (χ2n) is 2.80. The Labute approximate surface area is 91.4 Å². The van der Waals surface area contributed by atoms with E-state index in [1.54, 1.807) is 0 Å². The van der Waals surface area contributed by atoms with Gasteiger partial charge >= 0.3 is 0 Å². The lowest BCUT2D eigenvalue weighted by Crippen LogP contribution is -1.96. The number of rotatable bonds is 3. The van der Waals surface area contributed by atoms with Crippen LogP contribution in [-0.2, 0) is 0 Å². The zero-order valence-corrected chi connectivity index (χ0v) is 8.66. The predicted molar refractivity (Wildman–Crippen MR) is 59.4 cm³/mol. The number of aromatic nitrogens is 2. The Kier molecular flexibility index (Phi) is 2.90. The van der Waals surface area contributed by atoms with Gasteiger partial charge in [-0.1, -0.05) is 30.3 Å². The van der Waals surface area contributed by atoms with Gasteiger partial charge < -0.3 is 5.32 Å². The lowest BCUT2D eigenvalue weighted by Gasteiger charge is -1.93. The molecule has 0 aliphatic rings. The van der Waals surface area contributed by atoms with E-state index in [-0.39, 0.29) is 6.54 Å². The van der Waals surface area contributed by atoms with E-state index >= 15 is 0 Å². The molecule has 0 amide bonds. The molecular weight excluding hydrogens is 208 g/mol. The van der Waals surface area contributed by atoms with E-state index in [9.17, 15) is 0 Å². The summed E-state index contributed by atoms with van der Waals surface area (Å²) in [5, 5.41) is 11.9. The smallest absolute Gasteiger partial charge is 0.203 e. The number of hydrogen-bond donors (Lipinski definition) is 1. The Morgan fingerprint density at radius 2 is 2.13 bits per heavy atom. The van der Waals surface area contributed by atoms with E-state index < -0.39 is 0 Å². The maximum absolute atomic E-state index is 8.40. The van der Waals surface area contributed by atoms with Crippen molar-refractivity contribution in [2.45, 2.75) is 0 Å². The van der Waals surface area contributed by atoms with Crippen LogP contribution in [0.4, 0.5) is 5.13 Å². The summed E-state index contributed by atoms with van der Waals surface area (Å²) in [5.74, 6) is 0.695. The van der Waals surface area contributed by atoms with Crippen LogP contribution in [0.1, 0.15) is 0 Å². The van der Waals surface area contributed by atoms with Gasteiger partial charge in [0, 0.05) is 17.1 Å². The Balaban J connectivity index is 2.18. The minimum Gasteiger partial charge on any atom is -0.347 e. The van der Waals surface area contributed by atoms with Crippen LogP contribution < -0.4 is 5.32 Å². The molecular formula is C10H8N4S. The average molecular weight is 216 g/mol. The zero-order valence-electron chi connectivity index (χ0n) is 7.84. The van der Waals surface area contributed by atoms with E-state index in [1.807, 2.05) is 36.4 Å². The van der Waals surface area contributed by atoms with Gasteiger partial charge in [-0.05, 0) is 0 Å². The molecule has 1 N–H and O–H groups in total. The third-order valence-corrected chi connectivity index (χ3v) is 2.45. The topological polar surface area (TPSA) is 61.6 Å². The van der Waals surface area contributed by atoms with Gasteiger partial charge in [-0.2, -0.15) is 14.6 Å². The lowest BCUT2D eigenvalue weighted by molar-refractivity contribution is 1.26. The van der Waals surface area contributed by atoms with Gasteiger partial charge in [0.2, 0.25) is 5.13 Å². The summed E-state index contributed by atoms with van der Waals surface area (Å²) in [6, 6.07) is 11.7. The van der Waals surface area contributed by atoms with Gasteiger partial charge in [0.15, 0.2) is 5.82 Å². The van der Waals surface area contributed by atoms with Crippen molar-refractivity contribution in [1.29, 1.82) is 5.26 Å². The first-order valence-electron chi connectivity index (χ1n) is 4.40. The highest BCUT2D eigenvalue weighted by atomic mass is 32.1. The summed E-state index contributed by atoms with van der Waals surface area (Å²) in [5.41, 5.74) is 0.985. The quantitative estimate of drug-likeness (QED) is 0.798. The molecule has 1 aromatic heterocycles. The maximum Gasteiger partial charge on any atom is 0.203 e. The molecule has 15 heavy (non-hydrogen) atoms. The summed E-state index contributed by atoms with van der Waals surface area (Å²) >= 11 is 1.26. The fourth-order valence-electron chi connectivity index (χ4n) is 1.11. The molecule has 0 saturated carbocycles. The first-order chi connectivity index (χ1) is 7.40. The van der Waals surface area contributed by atoms with E-state index in [4.69, 9.17) is 5.26 Å². The Morgan fingerprint density at radius 3 is 2.87 bits per heavy atom. The average Bonchev–Trinajstić information content (AvgIpc) is 2.76. The fourth-order valence-corrected chi connectivity index (χ4v) is 1.70. The largest absolute Gasteiger partial charge is 0.347 e. The molecule has 0 unspecified atom stereocenters. The van der Waals surface area contributed by atoms with Gasteiger partial charge in [-0.15, -0.1) is 0 Å². The van der Waals surface area contributed by atoms with Gasteiger partial charge in [0.05, 0.1) is 6.07 Å². The first-order valence-corrected chi connectivity index (χ1v) is 5.17. The fraction of sp³-hybridized carbons (Fsp3) is 0.100. The number of anilines is 1. The molecule has 5 heteroatoms. The molecule has 0 bridgehead atoms. The molecule has 0 atom stereocenters. The lowest BCUT2D eigenvalue weighted by atomic mass is 10.2. The predicted octanol–water partition coefficient (Wildman–Crippen LogP) is 2.14. The van der Waals surface area contributed by atoms with Crippen LogP contribution in [0, 0.1) is 11.3 Å². The molecule has 1 heterocycles. The molecule has 0 aliphatic carbocycles. The number of nitriles is 1. The standard InChI is InChI=1S/C10H8N4S/c11-6-7-12-10-13-9(14-15-10)8-4-2-1-3-5-8/h1-5H,7H2,(H,12,13,14). The molecule has 2 rings (SSSR count). The minimum atomic E-state index is 0.253. The first kappa shape index (κ1) is 9.62. The van der Waals surface area contributed by atoms with Crippen molar-refractivity contribution in [3.05, 3.63) is 30.3 Å². The van der Waals surface area contributed by atoms with Crippen LogP contribution in [0.2, 0.25) is 0 Å². The SMILES string of the molecule is N#CCNc1nc(-c2ccccc2)ns1. The highest BCUT2D eigenvalue weighted by Crippen LogP contribution is 2.20. The number of benzene rings is 1. The van der Waals surface area contributed by atoms with Crippen molar-refractivity contribution < 1.29 is 0 Å². The van der Waals surface area contributed by atoms with Crippen LogP contribution in [0.15, 0.2) is 30.3 Å². The highest BCUT2D eigenvalue weighted by Gasteiger charge is 2.04. The van der Waals surface area contributed by atoms with Crippen LogP contribution in [0.5, 0.6) is 0 Å². The molecule has 0 saturated heterocycles. The molecule has 4 nitrogen and oxygen atoms in total. The molecule has 0 aliphatic heterocycles. The van der Waals surface area contributed by atoms with Crippen LogP contribution >= 0.6 is 11.5 Å². The molecule has 1 aromatic carbocycles. The second-order valence-corrected chi connectivity index (χ2v) is 3.55. The molecule has 0 fully saturated rings. The van der Waals surface area contributed by atoms with E-state index in [0.29, 0.717) is 11.0 Å². The summed E-state index contributed by atoms with van der Waals surface area (Å²) < 4.78 is 4.20.